The van der Waals surface area contributed by atoms with Crippen LogP contribution in [0.3, 0.4) is 0 Å². The zero-order valence-electron chi connectivity index (χ0n) is 13.0. The Morgan fingerprint density at radius 2 is 1.95 bits per heavy atom. The van der Waals surface area contributed by atoms with Crippen LogP contribution >= 0.6 is 0 Å². The summed E-state index contributed by atoms with van der Waals surface area (Å²) in [5.74, 6) is 0.563. The lowest BCUT2D eigenvalue weighted by atomic mass is 9.71. The number of amides is 1. The number of aryl methyl sites for hydroxylation is 1. The first-order chi connectivity index (χ1) is 8.73. The molecule has 0 saturated heterocycles. The number of rotatable bonds is 6. The smallest absolute Gasteiger partial charge is 0.273 e. The van der Waals surface area contributed by atoms with Crippen molar-refractivity contribution >= 4 is 5.91 Å². The highest BCUT2D eigenvalue weighted by atomic mass is 16.5. The van der Waals surface area contributed by atoms with E-state index in [2.05, 4.69) is 45.1 Å². The average Bonchev–Trinajstić information content (AvgIpc) is 2.76. The Labute approximate surface area is 115 Å². The first kappa shape index (κ1) is 15.7. The van der Waals surface area contributed by atoms with Gasteiger partial charge in [0.2, 0.25) is 0 Å². The van der Waals surface area contributed by atoms with Gasteiger partial charge in [-0.25, -0.2) is 0 Å². The van der Waals surface area contributed by atoms with E-state index >= 15 is 0 Å². The molecule has 1 N–H and O–H groups in total. The van der Waals surface area contributed by atoms with Crippen LogP contribution < -0.4 is 5.32 Å². The molecule has 0 spiro atoms. The predicted octanol–water partition coefficient (Wildman–Crippen LogP) is 3.57. The van der Waals surface area contributed by atoms with E-state index in [-0.39, 0.29) is 16.9 Å². The van der Waals surface area contributed by atoms with Gasteiger partial charge in [0.1, 0.15) is 5.76 Å². The van der Waals surface area contributed by atoms with Gasteiger partial charge < -0.3 is 9.84 Å². The number of aromatic nitrogens is 1. The molecule has 1 aromatic heterocycles. The van der Waals surface area contributed by atoms with Gasteiger partial charge in [0.15, 0.2) is 5.69 Å². The fourth-order valence-corrected chi connectivity index (χ4v) is 2.04. The topological polar surface area (TPSA) is 55.1 Å². The second-order valence-corrected chi connectivity index (χ2v) is 6.25. The fourth-order valence-electron chi connectivity index (χ4n) is 2.04. The molecule has 19 heavy (non-hydrogen) atoms. The second-order valence-electron chi connectivity index (χ2n) is 6.25. The Kier molecular flexibility index (Phi) is 4.77. The van der Waals surface area contributed by atoms with Crippen LogP contribution in [0.4, 0.5) is 0 Å². The molecule has 0 saturated carbocycles. The summed E-state index contributed by atoms with van der Waals surface area (Å²) in [6.07, 6.45) is 2.89. The van der Waals surface area contributed by atoms with Gasteiger partial charge in [-0.1, -0.05) is 39.3 Å². The molecule has 0 bridgehead atoms. The lowest BCUT2D eigenvalue weighted by Gasteiger charge is -2.42. The van der Waals surface area contributed by atoms with Crippen molar-refractivity contribution in [1.82, 2.24) is 10.5 Å². The van der Waals surface area contributed by atoms with Crippen LogP contribution in [0.15, 0.2) is 10.6 Å². The quantitative estimate of drug-likeness (QED) is 0.856. The molecule has 4 heteroatoms. The predicted molar refractivity (Wildman–Crippen MR) is 76.1 cm³/mol. The Bertz CT molecular complexity index is 433. The number of hydrogen-bond acceptors (Lipinski definition) is 3. The third kappa shape index (κ3) is 3.58. The molecule has 0 fully saturated rings. The average molecular weight is 266 g/mol. The van der Waals surface area contributed by atoms with Crippen LogP contribution in [-0.2, 0) is 6.42 Å². The SMILES string of the molecule is CCCC(C)(C)C(C)(C)NC(=O)c1cc(CC)on1. The van der Waals surface area contributed by atoms with E-state index in [1.54, 1.807) is 6.07 Å². The molecule has 4 nitrogen and oxygen atoms in total. The van der Waals surface area contributed by atoms with Gasteiger partial charge in [-0.15, -0.1) is 0 Å². The van der Waals surface area contributed by atoms with Crippen LogP contribution in [0.5, 0.6) is 0 Å². The van der Waals surface area contributed by atoms with Gasteiger partial charge in [-0.05, 0) is 25.7 Å². The molecule has 0 unspecified atom stereocenters. The zero-order chi connectivity index (χ0) is 14.7. The molecule has 0 radical (unpaired) electrons. The minimum absolute atomic E-state index is 0.0226. The third-order valence-electron chi connectivity index (χ3n) is 4.13. The van der Waals surface area contributed by atoms with E-state index in [0.29, 0.717) is 5.69 Å². The Hall–Kier alpha value is -1.32. The first-order valence-electron chi connectivity index (χ1n) is 7.01. The summed E-state index contributed by atoms with van der Waals surface area (Å²) in [5.41, 5.74) is 0.0809. The second kappa shape index (κ2) is 5.76. The standard InChI is InChI=1S/C15H26N2O2/c1-7-9-14(3,4)15(5,6)16-13(18)12-10-11(8-2)19-17-12/h10H,7-9H2,1-6H3,(H,16,18). The molecular formula is C15H26N2O2. The van der Waals surface area contributed by atoms with Gasteiger partial charge >= 0.3 is 0 Å². The lowest BCUT2D eigenvalue weighted by molar-refractivity contribution is 0.0778. The van der Waals surface area contributed by atoms with Gasteiger partial charge in [0.25, 0.3) is 5.91 Å². The van der Waals surface area contributed by atoms with E-state index in [1.165, 1.54) is 0 Å². The summed E-state index contributed by atoms with van der Waals surface area (Å²) in [7, 11) is 0. The molecule has 1 amide bonds. The Balaban J connectivity index is 2.80. The molecule has 0 atom stereocenters. The van der Waals surface area contributed by atoms with E-state index in [0.717, 1.165) is 25.0 Å². The van der Waals surface area contributed by atoms with Crippen molar-refractivity contribution in [2.75, 3.05) is 0 Å². The summed E-state index contributed by atoms with van der Waals surface area (Å²) < 4.78 is 5.07. The van der Waals surface area contributed by atoms with E-state index in [4.69, 9.17) is 4.52 Å². The van der Waals surface area contributed by atoms with Crippen LogP contribution in [-0.4, -0.2) is 16.6 Å². The highest BCUT2D eigenvalue weighted by Crippen LogP contribution is 2.35. The van der Waals surface area contributed by atoms with Gasteiger partial charge in [0.05, 0.1) is 0 Å². The molecule has 1 heterocycles. The highest BCUT2D eigenvalue weighted by molar-refractivity contribution is 5.92. The summed E-state index contributed by atoms with van der Waals surface area (Å²) in [6, 6.07) is 1.71. The lowest BCUT2D eigenvalue weighted by Crippen LogP contribution is -2.53. The van der Waals surface area contributed by atoms with Crippen molar-refractivity contribution in [1.29, 1.82) is 0 Å². The summed E-state index contributed by atoms with van der Waals surface area (Å²) >= 11 is 0. The molecule has 1 rings (SSSR count). The largest absolute Gasteiger partial charge is 0.361 e. The highest BCUT2D eigenvalue weighted by Gasteiger charge is 2.37. The van der Waals surface area contributed by atoms with E-state index < -0.39 is 0 Å². The molecule has 0 aliphatic carbocycles. The Morgan fingerprint density at radius 3 is 2.42 bits per heavy atom. The van der Waals surface area contributed by atoms with Crippen LogP contribution in [0, 0.1) is 5.41 Å². The van der Waals surface area contributed by atoms with Crippen molar-refractivity contribution in [3.63, 3.8) is 0 Å². The summed E-state index contributed by atoms with van der Waals surface area (Å²) in [5, 5.41) is 6.89. The molecule has 0 aliphatic rings. The fraction of sp³-hybridized carbons (Fsp3) is 0.733. The summed E-state index contributed by atoms with van der Waals surface area (Å²) in [6.45, 7) is 12.6. The van der Waals surface area contributed by atoms with Crippen LogP contribution in [0.2, 0.25) is 0 Å². The number of nitrogens with one attached hydrogen (secondary N) is 1. The maximum absolute atomic E-state index is 12.2. The number of carbonyl (C=O) groups excluding carboxylic acids is 1. The minimum Gasteiger partial charge on any atom is -0.361 e. The monoisotopic (exact) mass is 266 g/mol. The van der Waals surface area contributed by atoms with E-state index in [9.17, 15) is 4.79 Å². The molecule has 0 aromatic carbocycles. The van der Waals surface area contributed by atoms with Crippen molar-refractivity contribution < 1.29 is 9.32 Å². The molecular weight excluding hydrogens is 240 g/mol. The first-order valence-corrected chi connectivity index (χ1v) is 7.01. The maximum atomic E-state index is 12.2. The molecule has 1 aromatic rings. The molecule has 108 valence electrons. The van der Waals surface area contributed by atoms with Crippen LogP contribution in [0.1, 0.15) is 70.6 Å². The van der Waals surface area contributed by atoms with Crippen molar-refractivity contribution in [3.8, 4) is 0 Å². The Morgan fingerprint density at radius 1 is 1.32 bits per heavy atom. The number of carbonyl (C=O) groups is 1. The van der Waals surface area contributed by atoms with E-state index in [1.807, 2.05) is 6.92 Å². The molecule has 0 aliphatic heterocycles. The maximum Gasteiger partial charge on any atom is 0.273 e. The van der Waals surface area contributed by atoms with Gasteiger partial charge in [-0.2, -0.15) is 0 Å². The van der Waals surface area contributed by atoms with Gasteiger partial charge in [-0.3, -0.25) is 4.79 Å². The third-order valence-corrected chi connectivity index (χ3v) is 4.13. The minimum atomic E-state index is -0.300. The van der Waals surface area contributed by atoms with Crippen molar-refractivity contribution in [2.45, 2.75) is 66.3 Å². The number of nitrogens with zero attached hydrogens (tertiary/aromatic N) is 1. The zero-order valence-corrected chi connectivity index (χ0v) is 13.0. The normalized spacial score (nSPS) is 12.5. The number of hydrogen-bond donors (Lipinski definition) is 1. The van der Waals surface area contributed by atoms with Gasteiger partial charge in [0, 0.05) is 18.0 Å². The summed E-state index contributed by atoms with van der Waals surface area (Å²) in [4.78, 5) is 12.2. The van der Waals surface area contributed by atoms with Crippen molar-refractivity contribution in [2.24, 2.45) is 5.41 Å². The van der Waals surface area contributed by atoms with Crippen molar-refractivity contribution in [3.05, 3.63) is 17.5 Å². The van der Waals surface area contributed by atoms with Crippen LogP contribution in [0.25, 0.3) is 0 Å².